The molecule has 9 heteroatoms. The van der Waals surface area contributed by atoms with Gasteiger partial charge in [-0.15, -0.1) is 11.3 Å². The number of nitrogens with zero attached hydrogens (tertiary/aromatic N) is 2. The molecule has 0 amide bonds. The molecular formula is C10H11N3O4S2. The second kappa shape index (κ2) is 4.67. The van der Waals surface area contributed by atoms with E-state index in [-0.39, 0.29) is 9.77 Å². The number of carbonyl (C=O) groups is 1. The van der Waals surface area contributed by atoms with Gasteiger partial charge in [0.25, 0.3) is 10.0 Å². The molecule has 7 nitrogen and oxygen atoms in total. The van der Waals surface area contributed by atoms with Crippen molar-refractivity contribution in [2.75, 3.05) is 4.72 Å². The number of anilines is 1. The first kappa shape index (κ1) is 13.6. The highest BCUT2D eigenvalue weighted by molar-refractivity contribution is 7.94. The van der Waals surface area contributed by atoms with E-state index in [2.05, 4.69) is 9.82 Å². The third-order valence-electron chi connectivity index (χ3n) is 2.33. The van der Waals surface area contributed by atoms with E-state index in [0.29, 0.717) is 11.5 Å². The number of nitrogens with one attached hydrogen (secondary N) is 1. The summed E-state index contributed by atoms with van der Waals surface area (Å²) in [6.07, 6.45) is 0. The Morgan fingerprint density at radius 2 is 2.16 bits per heavy atom. The van der Waals surface area contributed by atoms with E-state index in [1.165, 1.54) is 10.1 Å². The normalized spacial score (nSPS) is 11.5. The summed E-state index contributed by atoms with van der Waals surface area (Å²) in [6, 6.07) is 2.71. The van der Waals surface area contributed by atoms with Crippen LogP contribution in [0.2, 0.25) is 0 Å². The molecule has 2 heterocycles. The molecule has 2 aromatic heterocycles. The lowest BCUT2D eigenvalue weighted by molar-refractivity contribution is 0.0697. The fourth-order valence-corrected chi connectivity index (χ4v) is 3.70. The maximum absolute atomic E-state index is 12.1. The zero-order valence-electron chi connectivity index (χ0n) is 10.1. The molecule has 2 aromatic rings. The van der Waals surface area contributed by atoms with Gasteiger partial charge >= 0.3 is 5.97 Å². The van der Waals surface area contributed by atoms with Gasteiger partial charge in [-0.3, -0.25) is 9.40 Å². The first-order valence-electron chi connectivity index (χ1n) is 5.15. The van der Waals surface area contributed by atoms with Crippen LogP contribution < -0.4 is 4.72 Å². The van der Waals surface area contributed by atoms with E-state index in [0.717, 1.165) is 17.4 Å². The third kappa shape index (κ3) is 2.76. The lowest BCUT2D eigenvalue weighted by Crippen LogP contribution is -2.14. The number of thiophene rings is 1. The van der Waals surface area contributed by atoms with Crippen LogP contribution in [-0.4, -0.2) is 29.3 Å². The SMILES string of the molecule is Cc1cc(NS(=O)(=O)c2cc(C(=O)O)cs2)n(C)n1. The maximum Gasteiger partial charge on any atom is 0.336 e. The molecule has 0 bridgehead atoms. The summed E-state index contributed by atoms with van der Waals surface area (Å²) in [5.41, 5.74) is 0.629. The van der Waals surface area contributed by atoms with Gasteiger partial charge in [0.2, 0.25) is 0 Å². The number of hydrogen-bond acceptors (Lipinski definition) is 5. The Bertz CT molecular complexity index is 730. The van der Waals surface area contributed by atoms with Crippen LogP contribution in [0.3, 0.4) is 0 Å². The summed E-state index contributed by atoms with van der Waals surface area (Å²) < 4.78 is 27.8. The largest absolute Gasteiger partial charge is 0.478 e. The molecule has 0 saturated heterocycles. The van der Waals surface area contributed by atoms with E-state index >= 15 is 0 Å². The minimum Gasteiger partial charge on any atom is -0.478 e. The molecule has 102 valence electrons. The predicted molar refractivity (Wildman–Crippen MR) is 70.0 cm³/mol. The van der Waals surface area contributed by atoms with Crippen molar-refractivity contribution in [3.8, 4) is 0 Å². The molecule has 2 N–H and O–H groups in total. The molecule has 2 rings (SSSR count). The third-order valence-corrected chi connectivity index (χ3v) is 5.12. The van der Waals surface area contributed by atoms with Crippen LogP contribution in [0.15, 0.2) is 21.7 Å². The Morgan fingerprint density at radius 3 is 2.63 bits per heavy atom. The number of sulfonamides is 1. The first-order chi connectivity index (χ1) is 8.79. The van der Waals surface area contributed by atoms with Crippen molar-refractivity contribution in [1.82, 2.24) is 9.78 Å². The molecule has 0 spiro atoms. The predicted octanol–water partition coefficient (Wildman–Crippen LogP) is 1.29. The molecule has 0 saturated carbocycles. The Balaban J connectivity index is 2.32. The highest BCUT2D eigenvalue weighted by Crippen LogP contribution is 2.23. The fraction of sp³-hybridized carbons (Fsp3) is 0.200. The molecule has 0 aliphatic carbocycles. The minimum absolute atomic E-state index is 0.0495. The van der Waals surface area contributed by atoms with E-state index in [4.69, 9.17) is 5.11 Å². The molecule has 0 aliphatic heterocycles. The average Bonchev–Trinajstić information content (AvgIpc) is 2.86. The van der Waals surface area contributed by atoms with Gasteiger partial charge in [0.1, 0.15) is 10.0 Å². The summed E-state index contributed by atoms with van der Waals surface area (Å²) in [6.45, 7) is 1.74. The number of aromatic carboxylic acids is 1. The van der Waals surface area contributed by atoms with Gasteiger partial charge in [-0.25, -0.2) is 13.2 Å². The second-order valence-corrected chi connectivity index (χ2v) is 6.68. The van der Waals surface area contributed by atoms with Gasteiger partial charge in [0, 0.05) is 18.5 Å². The van der Waals surface area contributed by atoms with Crippen molar-refractivity contribution >= 4 is 33.1 Å². The van der Waals surface area contributed by atoms with Crippen molar-refractivity contribution in [1.29, 1.82) is 0 Å². The highest BCUT2D eigenvalue weighted by atomic mass is 32.2. The van der Waals surface area contributed by atoms with E-state index in [1.54, 1.807) is 20.0 Å². The van der Waals surface area contributed by atoms with Crippen molar-refractivity contribution in [2.45, 2.75) is 11.1 Å². The molecule has 0 unspecified atom stereocenters. The van der Waals surface area contributed by atoms with Crippen molar-refractivity contribution in [3.63, 3.8) is 0 Å². The zero-order chi connectivity index (χ0) is 14.2. The van der Waals surface area contributed by atoms with Crippen LogP contribution in [0.1, 0.15) is 16.1 Å². The smallest absolute Gasteiger partial charge is 0.336 e. The number of carboxylic acids is 1. The summed E-state index contributed by atoms with van der Waals surface area (Å²) in [4.78, 5) is 10.7. The van der Waals surface area contributed by atoms with Gasteiger partial charge in [-0.2, -0.15) is 5.10 Å². The van der Waals surface area contributed by atoms with Crippen LogP contribution in [-0.2, 0) is 17.1 Å². The van der Waals surface area contributed by atoms with E-state index < -0.39 is 16.0 Å². The number of aromatic nitrogens is 2. The Hall–Kier alpha value is -1.87. The van der Waals surface area contributed by atoms with Gasteiger partial charge in [-0.05, 0) is 13.0 Å². The van der Waals surface area contributed by atoms with Crippen LogP contribution >= 0.6 is 11.3 Å². The fourth-order valence-electron chi connectivity index (χ4n) is 1.46. The van der Waals surface area contributed by atoms with Crippen LogP contribution in [0.25, 0.3) is 0 Å². The zero-order valence-corrected chi connectivity index (χ0v) is 11.7. The van der Waals surface area contributed by atoms with Crippen LogP contribution in [0.4, 0.5) is 5.82 Å². The second-order valence-electron chi connectivity index (χ2n) is 3.86. The monoisotopic (exact) mass is 301 g/mol. The summed E-state index contributed by atoms with van der Waals surface area (Å²) in [5.74, 6) is -0.836. The Kier molecular flexibility index (Phi) is 3.33. The standard InChI is InChI=1S/C10H11N3O4S2/c1-6-3-8(13(2)11-6)12-19(16,17)9-4-7(5-18-9)10(14)15/h3-5,12H,1-2H3,(H,14,15). The number of rotatable bonds is 4. The number of hydrogen-bond donors (Lipinski definition) is 2. The van der Waals surface area contributed by atoms with Crippen molar-refractivity contribution in [2.24, 2.45) is 7.05 Å². The van der Waals surface area contributed by atoms with Gasteiger partial charge in [0.15, 0.2) is 0 Å². The summed E-state index contributed by atoms with van der Waals surface area (Å²) >= 11 is 0.856. The van der Waals surface area contributed by atoms with E-state index in [9.17, 15) is 13.2 Å². The average molecular weight is 301 g/mol. The first-order valence-corrected chi connectivity index (χ1v) is 7.51. The topological polar surface area (TPSA) is 101 Å². The molecule has 0 aliphatic rings. The highest BCUT2D eigenvalue weighted by Gasteiger charge is 2.20. The number of carboxylic acid groups (broad SMARTS) is 1. The van der Waals surface area contributed by atoms with Gasteiger partial charge in [-0.1, -0.05) is 0 Å². The van der Waals surface area contributed by atoms with Crippen LogP contribution in [0, 0.1) is 6.92 Å². The number of aryl methyl sites for hydroxylation is 2. The van der Waals surface area contributed by atoms with E-state index in [1.807, 2.05) is 0 Å². The molecule has 0 radical (unpaired) electrons. The molecule has 0 atom stereocenters. The molecule has 0 aromatic carbocycles. The maximum atomic E-state index is 12.1. The molecule has 19 heavy (non-hydrogen) atoms. The molecular weight excluding hydrogens is 290 g/mol. The molecule has 0 fully saturated rings. The lowest BCUT2D eigenvalue weighted by Gasteiger charge is -2.05. The summed E-state index contributed by atoms with van der Waals surface area (Å²) in [7, 11) is -2.18. The quantitative estimate of drug-likeness (QED) is 0.886. The van der Waals surface area contributed by atoms with Crippen molar-refractivity contribution in [3.05, 3.63) is 28.8 Å². The Labute approximate surface area is 113 Å². The van der Waals surface area contributed by atoms with Crippen LogP contribution in [0.5, 0.6) is 0 Å². The van der Waals surface area contributed by atoms with Crippen molar-refractivity contribution < 1.29 is 18.3 Å². The minimum atomic E-state index is -3.79. The lowest BCUT2D eigenvalue weighted by atomic mass is 10.4. The van der Waals surface area contributed by atoms with Gasteiger partial charge < -0.3 is 5.11 Å². The van der Waals surface area contributed by atoms with Gasteiger partial charge in [0.05, 0.1) is 11.3 Å². The Morgan fingerprint density at radius 1 is 1.47 bits per heavy atom. The summed E-state index contributed by atoms with van der Waals surface area (Å²) in [5, 5.41) is 14.1.